The van der Waals surface area contributed by atoms with Gasteiger partial charge >= 0.3 is 6.61 Å². The maximum absolute atomic E-state index is 12.7. The van der Waals surface area contributed by atoms with Crippen LogP contribution in [0.15, 0.2) is 48.5 Å². The largest absolute Gasteiger partial charge is 0.433 e. The molecule has 1 N–H and O–H groups in total. The second-order valence-electron chi connectivity index (χ2n) is 6.57. The summed E-state index contributed by atoms with van der Waals surface area (Å²) in [4.78, 5) is 11.3. The third-order valence-corrected chi connectivity index (χ3v) is 4.70. The van der Waals surface area contributed by atoms with Gasteiger partial charge in [-0.15, -0.1) is 0 Å². The number of hydrogen-bond donors (Lipinski definition) is 1. The number of rotatable bonds is 5. The van der Waals surface area contributed by atoms with Gasteiger partial charge in [-0.1, -0.05) is 24.3 Å². The second kappa shape index (κ2) is 7.34. The molecule has 3 aromatic rings. The van der Waals surface area contributed by atoms with Crippen LogP contribution in [0.5, 0.6) is 5.75 Å². The Morgan fingerprint density at radius 1 is 1.07 bits per heavy atom. The number of aromatic nitrogens is 2. The number of hydrogen-bond acceptors (Lipinski definition) is 5. The van der Waals surface area contributed by atoms with E-state index < -0.39 is 6.61 Å². The molecule has 27 heavy (non-hydrogen) atoms. The molecule has 1 aliphatic heterocycles. The molecule has 1 aromatic heterocycles. The van der Waals surface area contributed by atoms with Gasteiger partial charge in [-0.3, -0.25) is 0 Å². The minimum absolute atomic E-state index is 0.152. The van der Waals surface area contributed by atoms with Crippen molar-refractivity contribution in [3.05, 3.63) is 54.2 Å². The average molecular weight is 370 g/mol. The number of halogens is 2. The number of benzene rings is 2. The Morgan fingerprint density at radius 2 is 1.78 bits per heavy atom. The first-order valence-corrected chi connectivity index (χ1v) is 8.89. The summed E-state index contributed by atoms with van der Waals surface area (Å²) in [5, 5.41) is 3.46. The fourth-order valence-corrected chi connectivity index (χ4v) is 3.43. The normalized spacial score (nSPS) is 16.9. The summed E-state index contributed by atoms with van der Waals surface area (Å²) in [6.07, 6.45) is 0.872. The monoisotopic (exact) mass is 370 g/mol. The van der Waals surface area contributed by atoms with Gasteiger partial charge in [0, 0.05) is 19.1 Å². The Morgan fingerprint density at radius 3 is 2.56 bits per heavy atom. The van der Waals surface area contributed by atoms with Crippen LogP contribution in [-0.2, 0) is 0 Å². The average Bonchev–Trinajstić information content (AvgIpc) is 3.11. The Balaban J connectivity index is 1.50. The molecule has 0 aliphatic carbocycles. The van der Waals surface area contributed by atoms with Gasteiger partial charge in [0.1, 0.15) is 11.6 Å². The number of anilines is 2. The van der Waals surface area contributed by atoms with Crippen LogP contribution in [0.3, 0.4) is 0 Å². The Bertz CT molecular complexity index is 950. The fourth-order valence-electron chi connectivity index (χ4n) is 3.43. The van der Waals surface area contributed by atoms with Crippen molar-refractivity contribution in [2.24, 2.45) is 0 Å². The summed E-state index contributed by atoms with van der Waals surface area (Å²) < 4.78 is 30.0. The molecule has 0 amide bonds. The van der Waals surface area contributed by atoms with Crippen molar-refractivity contribution >= 4 is 22.5 Å². The molecule has 0 bridgehead atoms. The molecule has 0 spiro atoms. The zero-order valence-corrected chi connectivity index (χ0v) is 14.9. The zero-order valence-electron chi connectivity index (χ0n) is 14.9. The number of ether oxygens (including phenoxy) is 1. The number of nitrogens with one attached hydrogen (secondary N) is 1. The maximum Gasteiger partial charge on any atom is 0.387 e. The molecule has 2 aromatic carbocycles. The van der Waals surface area contributed by atoms with E-state index in [0.29, 0.717) is 12.2 Å². The van der Waals surface area contributed by atoms with Gasteiger partial charge in [-0.2, -0.15) is 8.78 Å². The maximum atomic E-state index is 12.7. The first-order valence-electron chi connectivity index (χ1n) is 8.89. The SMILES string of the molecule is Cc1nc2ccccc2nc1N[C@H]1CCN(c2ccccc2OC(F)F)C1. The second-order valence-corrected chi connectivity index (χ2v) is 6.57. The molecule has 1 fully saturated rings. The van der Waals surface area contributed by atoms with E-state index in [9.17, 15) is 8.78 Å². The third-order valence-electron chi connectivity index (χ3n) is 4.70. The molecule has 140 valence electrons. The lowest BCUT2D eigenvalue weighted by atomic mass is 10.2. The molecule has 0 saturated carbocycles. The first-order chi connectivity index (χ1) is 13.1. The number of nitrogens with zero attached hydrogens (tertiary/aromatic N) is 3. The molecule has 1 atom stereocenters. The topological polar surface area (TPSA) is 50.3 Å². The van der Waals surface area contributed by atoms with Gasteiger partial charge in [-0.25, -0.2) is 9.97 Å². The smallest absolute Gasteiger partial charge is 0.387 e. The van der Waals surface area contributed by atoms with Crippen LogP contribution in [0.25, 0.3) is 11.0 Å². The van der Waals surface area contributed by atoms with E-state index in [0.717, 1.165) is 35.5 Å². The number of para-hydroxylation sites is 4. The van der Waals surface area contributed by atoms with Crippen molar-refractivity contribution in [2.75, 3.05) is 23.3 Å². The van der Waals surface area contributed by atoms with Crippen LogP contribution in [0.1, 0.15) is 12.1 Å². The molecule has 5 nitrogen and oxygen atoms in total. The fraction of sp³-hybridized carbons (Fsp3) is 0.300. The highest BCUT2D eigenvalue weighted by Crippen LogP contribution is 2.32. The van der Waals surface area contributed by atoms with Gasteiger partial charge in [0.25, 0.3) is 0 Å². The van der Waals surface area contributed by atoms with E-state index in [2.05, 4.69) is 24.9 Å². The number of aryl methyl sites for hydroxylation is 1. The highest BCUT2D eigenvalue weighted by Gasteiger charge is 2.26. The van der Waals surface area contributed by atoms with Crippen LogP contribution < -0.4 is 15.0 Å². The molecule has 4 rings (SSSR count). The molecule has 7 heteroatoms. The summed E-state index contributed by atoms with van der Waals surface area (Å²) >= 11 is 0. The molecule has 0 unspecified atom stereocenters. The standard InChI is InChI=1S/C20H20F2N4O/c1-13-19(25-16-7-3-2-6-15(16)23-13)24-14-10-11-26(12-14)17-8-4-5-9-18(17)27-20(21)22/h2-9,14,20H,10-12H2,1H3,(H,24,25)/t14-/m0/s1. The van der Waals surface area contributed by atoms with Crippen molar-refractivity contribution < 1.29 is 13.5 Å². The summed E-state index contributed by atoms with van der Waals surface area (Å²) in [5.74, 6) is 0.965. The van der Waals surface area contributed by atoms with Gasteiger partial charge in [0.2, 0.25) is 0 Å². The van der Waals surface area contributed by atoms with E-state index >= 15 is 0 Å². The molecule has 2 heterocycles. The summed E-state index contributed by atoms with van der Waals surface area (Å²) in [5.41, 5.74) is 3.24. The lowest BCUT2D eigenvalue weighted by Crippen LogP contribution is -2.27. The minimum Gasteiger partial charge on any atom is -0.433 e. The van der Waals surface area contributed by atoms with Crippen molar-refractivity contribution in [3.8, 4) is 5.75 Å². The predicted octanol–water partition coefficient (Wildman–Crippen LogP) is 4.23. The van der Waals surface area contributed by atoms with Crippen LogP contribution in [0, 0.1) is 6.92 Å². The van der Waals surface area contributed by atoms with Crippen molar-refractivity contribution in [2.45, 2.75) is 26.0 Å². The van der Waals surface area contributed by atoms with Crippen LogP contribution in [0.2, 0.25) is 0 Å². The molecular formula is C20H20F2N4O. The van der Waals surface area contributed by atoms with Crippen LogP contribution in [-0.4, -0.2) is 35.7 Å². The zero-order chi connectivity index (χ0) is 18.8. The van der Waals surface area contributed by atoms with Crippen molar-refractivity contribution in [3.63, 3.8) is 0 Å². The molecular weight excluding hydrogens is 350 g/mol. The summed E-state index contributed by atoms with van der Waals surface area (Å²) in [7, 11) is 0. The van der Waals surface area contributed by atoms with Gasteiger partial charge in [0.15, 0.2) is 0 Å². The minimum atomic E-state index is -2.84. The molecule has 0 radical (unpaired) electrons. The Kier molecular flexibility index (Phi) is 4.75. The lowest BCUT2D eigenvalue weighted by molar-refractivity contribution is -0.0495. The van der Waals surface area contributed by atoms with Crippen molar-refractivity contribution in [1.82, 2.24) is 9.97 Å². The summed E-state index contributed by atoms with van der Waals surface area (Å²) in [6, 6.07) is 14.8. The van der Waals surface area contributed by atoms with Gasteiger partial charge < -0.3 is 15.0 Å². The highest BCUT2D eigenvalue weighted by atomic mass is 19.3. The quantitative estimate of drug-likeness (QED) is 0.728. The number of alkyl halides is 2. The van der Waals surface area contributed by atoms with Gasteiger partial charge in [0.05, 0.1) is 22.4 Å². The van der Waals surface area contributed by atoms with Gasteiger partial charge in [-0.05, 0) is 37.6 Å². The van der Waals surface area contributed by atoms with Crippen LogP contribution in [0.4, 0.5) is 20.3 Å². The van der Waals surface area contributed by atoms with Crippen molar-refractivity contribution in [1.29, 1.82) is 0 Å². The van der Waals surface area contributed by atoms with E-state index in [1.807, 2.05) is 37.3 Å². The van der Waals surface area contributed by atoms with Crippen LogP contribution >= 0.6 is 0 Å². The predicted molar refractivity (Wildman–Crippen MR) is 102 cm³/mol. The lowest BCUT2D eigenvalue weighted by Gasteiger charge is -2.22. The summed E-state index contributed by atoms with van der Waals surface area (Å²) in [6.45, 7) is 0.525. The Labute approximate surface area is 156 Å². The molecule has 1 saturated heterocycles. The van der Waals surface area contributed by atoms with E-state index in [1.165, 1.54) is 0 Å². The Hall–Kier alpha value is -2.96. The third kappa shape index (κ3) is 3.77. The van der Waals surface area contributed by atoms with E-state index in [1.54, 1.807) is 18.2 Å². The highest BCUT2D eigenvalue weighted by molar-refractivity contribution is 5.76. The molecule has 1 aliphatic rings. The first kappa shape index (κ1) is 17.5. The van der Waals surface area contributed by atoms with E-state index in [4.69, 9.17) is 0 Å². The van der Waals surface area contributed by atoms with E-state index in [-0.39, 0.29) is 11.8 Å². The number of fused-ring (bicyclic) bond motifs is 1.